The van der Waals surface area contributed by atoms with Crippen molar-refractivity contribution in [3.05, 3.63) is 48.5 Å². The summed E-state index contributed by atoms with van der Waals surface area (Å²) in [6.07, 6.45) is 3.44. The van der Waals surface area contributed by atoms with Gasteiger partial charge in [0.05, 0.1) is 18.7 Å². The molecule has 1 atom stereocenters. The highest BCUT2D eigenvalue weighted by Crippen LogP contribution is 2.36. The average molecular weight is 438 g/mol. The fraction of sp³-hybridized carbons (Fsp3) is 0.440. The first-order chi connectivity index (χ1) is 15.6. The minimum atomic E-state index is -0.514. The molecule has 32 heavy (non-hydrogen) atoms. The third-order valence-electron chi connectivity index (χ3n) is 5.88. The number of nitrogens with one attached hydrogen (secondary N) is 1. The van der Waals surface area contributed by atoms with E-state index in [9.17, 15) is 9.59 Å². The van der Waals surface area contributed by atoms with Crippen LogP contribution in [0.25, 0.3) is 0 Å². The summed E-state index contributed by atoms with van der Waals surface area (Å²) in [5, 5.41) is 2.91. The second kappa shape index (κ2) is 10.5. The summed E-state index contributed by atoms with van der Waals surface area (Å²) in [5.74, 6) is 1.22. The van der Waals surface area contributed by atoms with Crippen LogP contribution in [0.1, 0.15) is 32.6 Å². The van der Waals surface area contributed by atoms with E-state index in [1.165, 1.54) is 19.3 Å². The van der Waals surface area contributed by atoms with Gasteiger partial charge in [0.2, 0.25) is 5.91 Å². The number of nitrogens with zero attached hydrogens (tertiary/aromatic N) is 2. The second-order valence-corrected chi connectivity index (χ2v) is 8.29. The molecule has 0 radical (unpaired) electrons. The molecule has 2 amide bonds. The lowest BCUT2D eigenvalue weighted by molar-refractivity contribution is -0.125. The third kappa shape index (κ3) is 5.59. The number of benzene rings is 2. The Morgan fingerprint density at radius 2 is 1.88 bits per heavy atom. The minimum Gasteiger partial charge on any atom is -0.493 e. The lowest BCUT2D eigenvalue weighted by Gasteiger charge is -2.35. The van der Waals surface area contributed by atoms with Crippen LogP contribution < -0.4 is 19.7 Å². The highest BCUT2D eigenvalue weighted by Gasteiger charge is 2.32. The number of piperidine rings is 1. The predicted molar refractivity (Wildman–Crippen MR) is 124 cm³/mol. The van der Waals surface area contributed by atoms with E-state index in [1.54, 1.807) is 17.9 Å². The first-order valence-corrected chi connectivity index (χ1v) is 11.4. The number of anilines is 2. The molecule has 1 saturated heterocycles. The maximum atomic E-state index is 12.8. The Hall–Kier alpha value is -3.06. The summed E-state index contributed by atoms with van der Waals surface area (Å²) < 4.78 is 11.4. The van der Waals surface area contributed by atoms with Gasteiger partial charge in [-0.1, -0.05) is 24.6 Å². The first kappa shape index (κ1) is 22.1. The Labute approximate surface area is 189 Å². The zero-order valence-electron chi connectivity index (χ0n) is 18.6. The van der Waals surface area contributed by atoms with Crippen molar-refractivity contribution in [1.29, 1.82) is 0 Å². The standard InChI is InChI=1S/C25H31N3O4/c1-19-25(30)28(16-15-27-13-6-3-7-14-27)22-18-20(10-11-23(22)32-19)26-24(29)12-17-31-21-8-4-2-5-9-21/h2,4-5,8-11,18-19H,3,6-7,12-17H2,1H3,(H,26,29). The molecule has 2 aliphatic rings. The van der Waals surface area contributed by atoms with E-state index >= 15 is 0 Å². The van der Waals surface area contributed by atoms with Gasteiger partial charge in [-0.05, 0) is 63.2 Å². The molecular formula is C25H31N3O4. The number of para-hydroxylation sites is 1. The van der Waals surface area contributed by atoms with Crippen LogP contribution in [0.4, 0.5) is 11.4 Å². The van der Waals surface area contributed by atoms with Crippen molar-refractivity contribution in [1.82, 2.24) is 4.90 Å². The molecule has 7 nitrogen and oxygen atoms in total. The van der Waals surface area contributed by atoms with Gasteiger partial charge in [-0.2, -0.15) is 0 Å². The van der Waals surface area contributed by atoms with Crippen LogP contribution in [0, 0.1) is 0 Å². The van der Waals surface area contributed by atoms with Gasteiger partial charge in [0.15, 0.2) is 6.10 Å². The minimum absolute atomic E-state index is 0.0470. The van der Waals surface area contributed by atoms with E-state index in [-0.39, 0.29) is 18.2 Å². The molecule has 2 aliphatic heterocycles. The van der Waals surface area contributed by atoms with Crippen LogP contribution in [0.2, 0.25) is 0 Å². The molecule has 1 N–H and O–H groups in total. The van der Waals surface area contributed by atoms with Crippen LogP contribution in [0.3, 0.4) is 0 Å². The summed E-state index contributed by atoms with van der Waals surface area (Å²) in [6.45, 7) is 5.70. The lowest BCUT2D eigenvalue weighted by atomic mass is 10.1. The Morgan fingerprint density at radius 3 is 2.66 bits per heavy atom. The van der Waals surface area contributed by atoms with E-state index in [4.69, 9.17) is 9.47 Å². The third-order valence-corrected chi connectivity index (χ3v) is 5.88. The summed E-state index contributed by atoms with van der Waals surface area (Å²) in [5.41, 5.74) is 1.35. The molecule has 0 spiro atoms. The fourth-order valence-electron chi connectivity index (χ4n) is 4.14. The van der Waals surface area contributed by atoms with E-state index < -0.39 is 6.10 Å². The van der Waals surface area contributed by atoms with E-state index in [0.717, 1.165) is 25.4 Å². The predicted octanol–water partition coefficient (Wildman–Crippen LogP) is 3.69. The summed E-state index contributed by atoms with van der Waals surface area (Å²) >= 11 is 0. The monoisotopic (exact) mass is 437 g/mol. The van der Waals surface area contributed by atoms with Crippen LogP contribution in [0.15, 0.2) is 48.5 Å². The normalized spacial score (nSPS) is 18.6. The topological polar surface area (TPSA) is 71.1 Å². The second-order valence-electron chi connectivity index (χ2n) is 8.29. The lowest BCUT2D eigenvalue weighted by Crippen LogP contribution is -2.48. The maximum Gasteiger partial charge on any atom is 0.267 e. The Morgan fingerprint density at radius 1 is 1.09 bits per heavy atom. The molecule has 0 saturated carbocycles. The smallest absolute Gasteiger partial charge is 0.267 e. The molecule has 1 fully saturated rings. The number of carbonyl (C=O) groups is 2. The van der Waals surface area contributed by atoms with Gasteiger partial charge in [-0.3, -0.25) is 9.59 Å². The van der Waals surface area contributed by atoms with Crippen molar-refractivity contribution in [2.45, 2.75) is 38.7 Å². The molecule has 0 aliphatic carbocycles. The van der Waals surface area contributed by atoms with Gasteiger partial charge in [-0.25, -0.2) is 0 Å². The van der Waals surface area contributed by atoms with Crippen molar-refractivity contribution in [2.24, 2.45) is 0 Å². The Kier molecular flexibility index (Phi) is 7.27. The van der Waals surface area contributed by atoms with Gasteiger partial charge in [0.1, 0.15) is 11.5 Å². The van der Waals surface area contributed by atoms with Crippen LogP contribution in [0.5, 0.6) is 11.5 Å². The molecule has 7 heteroatoms. The Balaban J connectivity index is 1.37. The van der Waals surface area contributed by atoms with Gasteiger partial charge in [0, 0.05) is 18.8 Å². The van der Waals surface area contributed by atoms with E-state index in [2.05, 4.69) is 10.2 Å². The molecule has 0 aromatic heterocycles. The number of ether oxygens (including phenoxy) is 2. The first-order valence-electron chi connectivity index (χ1n) is 11.4. The van der Waals surface area contributed by atoms with Crippen molar-refractivity contribution in [3.8, 4) is 11.5 Å². The summed E-state index contributed by atoms with van der Waals surface area (Å²) in [4.78, 5) is 29.4. The molecular weight excluding hydrogens is 406 g/mol. The Bertz CT molecular complexity index is 928. The number of amides is 2. The maximum absolute atomic E-state index is 12.8. The van der Waals surface area contributed by atoms with Gasteiger partial charge < -0.3 is 24.6 Å². The zero-order valence-corrected chi connectivity index (χ0v) is 18.6. The number of carbonyl (C=O) groups excluding carboxylic acids is 2. The van der Waals surface area contributed by atoms with Crippen LogP contribution in [-0.2, 0) is 9.59 Å². The molecule has 1 unspecified atom stereocenters. The molecule has 170 valence electrons. The van der Waals surface area contributed by atoms with Crippen molar-refractivity contribution in [2.75, 3.05) is 43.0 Å². The SMILES string of the molecule is CC1Oc2ccc(NC(=O)CCOc3ccccc3)cc2N(CCN2CCCCC2)C1=O. The highest BCUT2D eigenvalue weighted by atomic mass is 16.5. The number of hydrogen-bond donors (Lipinski definition) is 1. The largest absolute Gasteiger partial charge is 0.493 e. The van der Waals surface area contributed by atoms with E-state index in [1.807, 2.05) is 42.5 Å². The highest BCUT2D eigenvalue weighted by molar-refractivity contribution is 6.01. The molecule has 2 heterocycles. The van der Waals surface area contributed by atoms with E-state index in [0.29, 0.717) is 30.3 Å². The molecule has 4 rings (SSSR count). The van der Waals surface area contributed by atoms with Gasteiger partial charge in [0.25, 0.3) is 5.91 Å². The fourth-order valence-corrected chi connectivity index (χ4v) is 4.14. The summed E-state index contributed by atoms with van der Waals surface area (Å²) in [7, 11) is 0. The number of fused-ring (bicyclic) bond motifs is 1. The average Bonchev–Trinajstić information content (AvgIpc) is 2.81. The van der Waals surface area contributed by atoms with Crippen molar-refractivity contribution < 1.29 is 19.1 Å². The molecule has 2 aromatic carbocycles. The number of hydrogen-bond acceptors (Lipinski definition) is 5. The van der Waals surface area contributed by atoms with Crippen molar-refractivity contribution >= 4 is 23.2 Å². The van der Waals surface area contributed by atoms with Crippen LogP contribution in [-0.4, -0.2) is 55.6 Å². The zero-order chi connectivity index (χ0) is 22.3. The van der Waals surface area contributed by atoms with Crippen molar-refractivity contribution in [3.63, 3.8) is 0 Å². The molecule has 0 bridgehead atoms. The summed E-state index contributed by atoms with van der Waals surface area (Å²) in [6, 6.07) is 14.9. The van der Waals surface area contributed by atoms with Gasteiger partial charge >= 0.3 is 0 Å². The van der Waals surface area contributed by atoms with Gasteiger partial charge in [-0.15, -0.1) is 0 Å². The van der Waals surface area contributed by atoms with Crippen LogP contribution >= 0.6 is 0 Å². The molecule has 2 aromatic rings. The quantitative estimate of drug-likeness (QED) is 0.682. The number of rotatable bonds is 8. The number of likely N-dealkylation sites (tertiary alicyclic amines) is 1.